The van der Waals surface area contributed by atoms with Crippen molar-refractivity contribution in [2.24, 2.45) is 10.2 Å². The van der Waals surface area contributed by atoms with Crippen molar-refractivity contribution in [3.63, 3.8) is 0 Å². The first-order valence-electron chi connectivity index (χ1n) is 8.37. The molecular formula is C17H20F3N5O2S. The molecule has 152 valence electrons. The minimum absolute atomic E-state index is 0.0538. The summed E-state index contributed by atoms with van der Waals surface area (Å²) in [6.45, 7) is 6.29. The standard InChI is InChI=1S/C17H20F3N5O2S/c1-4-25(12(2)3)13-8-9-14(22-23-16-7-5-6-10-21-16)15(11-13)24-28(26,27)17(18,19)20/h5-12,24H,4H2,1-3H3. The van der Waals surface area contributed by atoms with E-state index in [1.165, 1.54) is 18.3 Å². The second-order valence-electron chi connectivity index (χ2n) is 6.02. The van der Waals surface area contributed by atoms with Gasteiger partial charge < -0.3 is 4.90 Å². The van der Waals surface area contributed by atoms with Crippen LogP contribution in [0.25, 0.3) is 0 Å². The lowest BCUT2D eigenvalue weighted by Crippen LogP contribution is -2.31. The Morgan fingerprint density at radius 2 is 1.89 bits per heavy atom. The Labute approximate surface area is 161 Å². The third-order valence-corrected chi connectivity index (χ3v) is 4.83. The molecule has 0 aliphatic carbocycles. The molecule has 0 saturated carbocycles. The molecule has 0 amide bonds. The minimum atomic E-state index is -5.61. The largest absolute Gasteiger partial charge is 0.516 e. The smallest absolute Gasteiger partial charge is 0.369 e. The fourth-order valence-electron chi connectivity index (χ4n) is 2.44. The second kappa shape index (κ2) is 8.55. The van der Waals surface area contributed by atoms with Crippen LogP contribution in [-0.4, -0.2) is 31.5 Å². The van der Waals surface area contributed by atoms with E-state index < -0.39 is 15.5 Å². The van der Waals surface area contributed by atoms with E-state index in [9.17, 15) is 21.6 Å². The van der Waals surface area contributed by atoms with Crippen LogP contribution in [-0.2, 0) is 10.0 Å². The molecule has 0 spiro atoms. The number of hydrogen-bond acceptors (Lipinski definition) is 6. The molecule has 0 aliphatic rings. The SMILES string of the molecule is CCN(c1ccc(N=Nc2ccccn2)c(NS(=O)(=O)C(F)(F)F)c1)C(C)C. The predicted octanol–water partition coefficient (Wildman–Crippen LogP) is 4.99. The molecular weight excluding hydrogens is 395 g/mol. The summed E-state index contributed by atoms with van der Waals surface area (Å²) < 4.78 is 63.3. The van der Waals surface area contributed by atoms with Crippen molar-refractivity contribution < 1.29 is 21.6 Å². The van der Waals surface area contributed by atoms with Crippen molar-refractivity contribution in [3.8, 4) is 0 Å². The van der Waals surface area contributed by atoms with Crippen LogP contribution < -0.4 is 9.62 Å². The fraction of sp³-hybridized carbons (Fsp3) is 0.353. The maximum Gasteiger partial charge on any atom is 0.516 e. The number of rotatable bonds is 7. The number of nitrogens with zero attached hydrogens (tertiary/aromatic N) is 4. The third kappa shape index (κ3) is 5.18. The molecule has 1 N–H and O–H groups in total. The molecule has 7 nitrogen and oxygen atoms in total. The van der Waals surface area contributed by atoms with E-state index >= 15 is 0 Å². The maximum atomic E-state index is 12.8. The Morgan fingerprint density at radius 1 is 1.18 bits per heavy atom. The van der Waals surface area contributed by atoms with Gasteiger partial charge in [0.1, 0.15) is 5.69 Å². The van der Waals surface area contributed by atoms with Gasteiger partial charge in [-0.3, -0.25) is 4.72 Å². The molecule has 1 aromatic carbocycles. The van der Waals surface area contributed by atoms with Gasteiger partial charge in [0.15, 0.2) is 5.82 Å². The average Bonchev–Trinajstić information content (AvgIpc) is 2.61. The van der Waals surface area contributed by atoms with Gasteiger partial charge in [0.05, 0.1) is 5.69 Å². The van der Waals surface area contributed by atoms with Gasteiger partial charge in [0.25, 0.3) is 0 Å². The summed E-state index contributed by atoms with van der Waals surface area (Å²) in [5.74, 6) is 0.230. The zero-order valence-corrected chi connectivity index (χ0v) is 16.3. The summed E-state index contributed by atoms with van der Waals surface area (Å²) in [5, 5.41) is 7.71. The Hall–Kier alpha value is -2.69. The fourth-order valence-corrected chi connectivity index (χ4v) is 3.01. The summed E-state index contributed by atoms with van der Waals surface area (Å²) in [5.41, 5.74) is -5.30. The van der Waals surface area contributed by atoms with Gasteiger partial charge in [0, 0.05) is 24.5 Å². The molecule has 28 heavy (non-hydrogen) atoms. The quantitative estimate of drug-likeness (QED) is 0.645. The van der Waals surface area contributed by atoms with Crippen LogP contribution in [0, 0.1) is 0 Å². The van der Waals surface area contributed by atoms with Crippen LogP contribution in [0.3, 0.4) is 0 Å². The highest BCUT2D eigenvalue weighted by molar-refractivity contribution is 7.93. The lowest BCUT2D eigenvalue weighted by atomic mass is 10.2. The highest BCUT2D eigenvalue weighted by Crippen LogP contribution is 2.35. The number of azo groups is 1. The van der Waals surface area contributed by atoms with Crippen molar-refractivity contribution in [1.82, 2.24) is 4.98 Å². The molecule has 2 aromatic rings. The highest BCUT2D eigenvalue weighted by Gasteiger charge is 2.46. The Kier molecular flexibility index (Phi) is 6.60. The van der Waals surface area contributed by atoms with Crippen LogP contribution in [0.1, 0.15) is 20.8 Å². The molecule has 1 heterocycles. The van der Waals surface area contributed by atoms with Crippen molar-refractivity contribution in [1.29, 1.82) is 0 Å². The first kappa shape index (κ1) is 21.6. The average molecular weight is 415 g/mol. The van der Waals surface area contributed by atoms with E-state index in [0.717, 1.165) is 0 Å². The third-order valence-electron chi connectivity index (χ3n) is 3.73. The number of hydrogen-bond donors (Lipinski definition) is 1. The number of benzene rings is 1. The van der Waals surface area contributed by atoms with Crippen molar-refractivity contribution in [2.45, 2.75) is 32.3 Å². The van der Waals surface area contributed by atoms with Crippen LogP contribution in [0.2, 0.25) is 0 Å². The molecule has 0 aliphatic heterocycles. The van der Waals surface area contributed by atoms with Gasteiger partial charge in [-0.25, -0.2) is 4.98 Å². The number of nitrogens with one attached hydrogen (secondary N) is 1. The van der Waals surface area contributed by atoms with E-state index in [1.54, 1.807) is 29.0 Å². The van der Waals surface area contributed by atoms with Gasteiger partial charge in [-0.05, 0) is 51.1 Å². The lowest BCUT2D eigenvalue weighted by Gasteiger charge is -2.28. The van der Waals surface area contributed by atoms with Gasteiger partial charge in [-0.1, -0.05) is 6.07 Å². The predicted molar refractivity (Wildman–Crippen MR) is 102 cm³/mol. The van der Waals surface area contributed by atoms with E-state index in [-0.39, 0.29) is 23.2 Å². The van der Waals surface area contributed by atoms with Gasteiger partial charge in [-0.2, -0.15) is 21.6 Å². The van der Waals surface area contributed by atoms with Crippen molar-refractivity contribution >= 4 is 32.9 Å². The van der Waals surface area contributed by atoms with Gasteiger partial charge in [0.2, 0.25) is 0 Å². The Morgan fingerprint density at radius 3 is 2.43 bits per heavy atom. The van der Waals surface area contributed by atoms with Crippen LogP contribution in [0.5, 0.6) is 0 Å². The monoisotopic (exact) mass is 415 g/mol. The lowest BCUT2D eigenvalue weighted by molar-refractivity contribution is -0.0429. The Bertz CT molecular complexity index is 932. The van der Waals surface area contributed by atoms with E-state index in [4.69, 9.17) is 0 Å². The maximum absolute atomic E-state index is 12.8. The molecule has 11 heteroatoms. The van der Waals surface area contributed by atoms with Crippen LogP contribution in [0.15, 0.2) is 52.8 Å². The summed E-state index contributed by atoms with van der Waals surface area (Å²) in [6, 6.07) is 9.29. The zero-order chi connectivity index (χ0) is 20.9. The molecule has 0 saturated heterocycles. The van der Waals surface area contributed by atoms with Gasteiger partial charge in [-0.15, -0.1) is 10.2 Å². The van der Waals surface area contributed by atoms with Crippen LogP contribution in [0.4, 0.5) is 36.1 Å². The number of halogens is 3. The summed E-state index contributed by atoms with van der Waals surface area (Å²) >= 11 is 0. The number of anilines is 2. The number of pyridine rings is 1. The molecule has 0 atom stereocenters. The molecule has 0 bridgehead atoms. The number of alkyl halides is 3. The molecule has 2 rings (SSSR count). The zero-order valence-electron chi connectivity index (χ0n) is 15.5. The van der Waals surface area contributed by atoms with Crippen LogP contribution >= 0.6 is 0 Å². The second-order valence-corrected chi connectivity index (χ2v) is 7.69. The van der Waals surface area contributed by atoms with Crippen molar-refractivity contribution in [3.05, 3.63) is 42.6 Å². The Balaban J connectivity index is 2.50. The first-order valence-corrected chi connectivity index (χ1v) is 9.86. The molecule has 0 unspecified atom stereocenters. The summed E-state index contributed by atoms with van der Waals surface area (Å²) in [7, 11) is -5.61. The molecule has 0 fully saturated rings. The summed E-state index contributed by atoms with van der Waals surface area (Å²) in [6.07, 6.45) is 1.48. The summed E-state index contributed by atoms with van der Waals surface area (Å²) in [4.78, 5) is 5.83. The van der Waals surface area contributed by atoms with E-state index in [2.05, 4.69) is 15.2 Å². The van der Waals surface area contributed by atoms with E-state index in [1.807, 2.05) is 25.7 Å². The first-order chi connectivity index (χ1) is 13.0. The highest BCUT2D eigenvalue weighted by atomic mass is 32.2. The van der Waals surface area contributed by atoms with Crippen molar-refractivity contribution in [2.75, 3.05) is 16.2 Å². The van der Waals surface area contributed by atoms with E-state index in [0.29, 0.717) is 12.2 Å². The topological polar surface area (TPSA) is 87.0 Å². The molecule has 1 aromatic heterocycles. The minimum Gasteiger partial charge on any atom is -0.369 e. The number of aromatic nitrogens is 1. The number of sulfonamides is 1. The van der Waals surface area contributed by atoms with Gasteiger partial charge >= 0.3 is 15.5 Å². The molecule has 0 radical (unpaired) electrons. The normalized spacial score (nSPS) is 12.5.